The number of nitrogens with one attached hydrogen (secondary N) is 1. The monoisotopic (exact) mass is 205 g/mol. The van der Waals surface area contributed by atoms with Gasteiger partial charge >= 0.3 is 0 Å². The van der Waals surface area contributed by atoms with Gasteiger partial charge in [0.15, 0.2) is 0 Å². The van der Waals surface area contributed by atoms with Crippen LogP contribution >= 0.6 is 0 Å². The lowest BCUT2D eigenvalue weighted by Crippen LogP contribution is -2.29. The molecule has 1 fully saturated rings. The van der Waals surface area contributed by atoms with Crippen molar-refractivity contribution in [2.45, 2.75) is 32.2 Å². The topological polar surface area (TPSA) is 50.9 Å². The molecule has 0 spiro atoms. The van der Waals surface area contributed by atoms with Crippen molar-refractivity contribution in [1.29, 1.82) is 0 Å². The summed E-state index contributed by atoms with van der Waals surface area (Å²) in [7, 11) is 0. The highest BCUT2D eigenvalue weighted by atomic mass is 14.9. The highest BCUT2D eigenvalue weighted by Crippen LogP contribution is 2.27. The molecule has 1 saturated carbocycles. The van der Waals surface area contributed by atoms with Crippen LogP contribution in [-0.2, 0) is 0 Å². The fourth-order valence-electron chi connectivity index (χ4n) is 2.36. The molecule has 1 aliphatic carbocycles. The molecule has 2 rings (SSSR count). The Morgan fingerprint density at radius 1 is 1.53 bits per heavy atom. The van der Waals surface area contributed by atoms with Gasteiger partial charge in [-0.2, -0.15) is 0 Å². The van der Waals surface area contributed by atoms with E-state index in [4.69, 9.17) is 5.73 Å². The van der Waals surface area contributed by atoms with Crippen molar-refractivity contribution in [3.63, 3.8) is 0 Å². The number of nitrogens with two attached hydrogens (primary N) is 1. The van der Waals surface area contributed by atoms with Crippen molar-refractivity contribution in [1.82, 2.24) is 4.98 Å². The molecule has 82 valence electrons. The summed E-state index contributed by atoms with van der Waals surface area (Å²) in [5.74, 6) is 0.637. The summed E-state index contributed by atoms with van der Waals surface area (Å²) in [6, 6.07) is 4.67. The molecule has 15 heavy (non-hydrogen) atoms. The highest BCUT2D eigenvalue weighted by molar-refractivity contribution is 5.44. The molecule has 1 aromatic heterocycles. The normalized spacial score (nSPS) is 25.5. The second kappa shape index (κ2) is 4.62. The van der Waals surface area contributed by atoms with Gasteiger partial charge in [-0.05, 0) is 44.4 Å². The number of aryl methyl sites for hydroxylation is 1. The molecule has 1 heterocycles. The summed E-state index contributed by atoms with van der Waals surface area (Å²) in [4.78, 5) is 4.19. The van der Waals surface area contributed by atoms with Crippen molar-refractivity contribution in [3.8, 4) is 0 Å². The molecule has 0 aromatic carbocycles. The van der Waals surface area contributed by atoms with E-state index in [1.807, 2.05) is 19.2 Å². The van der Waals surface area contributed by atoms with Crippen LogP contribution < -0.4 is 11.1 Å². The van der Waals surface area contributed by atoms with Gasteiger partial charge in [-0.3, -0.25) is 4.98 Å². The third-order valence-corrected chi connectivity index (χ3v) is 3.21. The number of aromatic nitrogens is 1. The second-order valence-electron chi connectivity index (χ2n) is 4.36. The van der Waals surface area contributed by atoms with Crippen molar-refractivity contribution in [3.05, 3.63) is 24.0 Å². The summed E-state index contributed by atoms with van der Waals surface area (Å²) in [5.41, 5.74) is 7.99. The first kappa shape index (κ1) is 10.4. The van der Waals surface area contributed by atoms with Crippen LogP contribution in [-0.4, -0.2) is 17.6 Å². The van der Waals surface area contributed by atoms with Crippen LogP contribution in [0.4, 0.5) is 5.69 Å². The van der Waals surface area contributed by atoms with Gasteiger partial charge in [0.25, 0.3) is 0 Å². The molecule has 0 saturated heterocycles. The third kappa shape index (κ3) is 2.48. The zero-order valence-corrected chi connectivity index (χ0v) is 9.24. The third-order valence-electron chi connectivity index (χ3n) is 3.21. The van der Waals surface area contributed by atoms with Gasteiger partial charge < -0.3 is 11.1 Å². The van der Waals surface area contributed by atoms with Crippen molar-refractivity contribution < 1.29 is 0 Å². The molecule has 2 unspecified atom stereocenters. The average Bonchev–Trinajstić information content (AvgIpc) is 2.65. The van der Waals surface area contributed by atoms with Gasteiger partial charge in [0.05, 0.1) is 0 Å². The van der Waals surface area contributed by atoms with Gasteiger partial charge in [-0.25, -0.2) is 0 Å². The fourth-order valence-corrected chi connectivity index (χ4v) is 2.36. The molecular weight excluding hydrogens is 186 g/mol. The van der Waals surface area contributed by atoms with E-state index in [-0.39, 0.29) is 0 Å². The molecule has 0 radical (unpaired) electrons. The number of rotatable bonds is 3. The zero-order valence-electron chi connectivity index (χ0n) is 9.24. The zero-order chi connectivity index (χ0) is 10.7. The Morgan fingerprint density at radius 2 is 2.40 bits per heavy atom. The summed E-state index contributed by atoms with van der Waals surface area (Å²) < 4.78 is 0. The van der Waals surface area contributed by atoms with Gasteiger partial charge in [0.2, 0.25) is 0 Å². The van der Waals surface area contributed by atoms with Crippen LogP contribution in [0, 0.1) is 12.8 Å². The van der Waals surface area contributed by atoms with Crippen molar-refractivity contribution in [2.75, 3.05) is 11.9 Å². The second-order valence-corrected chi connectivity index (χ2v) is 4.36. The van der Waals surface area contributed by atoms with E-state index in [9.17, 15) is 0 Å². The number of nitrogens with zero attached hydrogens (tertiary/aromatic N) is 1. The van der Waals surface area contributed by atoms with Crippen molar-refractivity contribution in [2.24, 2.45) is 11.7 Å². The molecule has 0 amide bonds. The lowest BCUT2D eigenvalue weighted by molar-refractivity contribution is 0.516. The maximum Gasteiger partial charge on any atom is 0.0393 e. The Morgan fingerprint density at radius 3 is 3.13 bits per heavy atom. The lowest BCUT2D eigenvalue weighted by Gasteiger charge is -2.20. The first-order valence-electron chi connectivity index (χ1n) is 5.69. The largest absolute Gasteiger partial charge is 0.382 e. The number of anilines is 1. The molecular formula is C12H19N3. The van der Waals surface area contributed by atoms with Gasteiger partial charge in [0, 0.05) is 23.6 Å². The molecule has 0 aliphatic heterocycles. The van der Waals surface area contributed by atoms with Crippen LogP contribution in [0.2, 0.25) is 0 Å². The molecule has 1 aromatic rings. The van der Waals surface area contributed by atoms with Crippen LogP contribution in [0.15, 0.2) is 18.3 Å². The molecule has 3 heteroatoms. The molecule has 0 bridgehead atoms. The molecule has 3 N–H and O–H groups in total. The van der Waals surface area contributed by atoms with E-state index in [0.29, 0.717) is 12.0 Å². The Bertz CT molecular complexity index is 324. The fraction of sp³-hybridized carbons (Fsp3) is 0.583. The molecule has 3 nitrogen and oxygen atoms in total. The Hall–Kier alpha value is -1.09. The smallest absolute Gasteiger partial charge is 0.0393 e. The van der Waals surface area contributed by atoms with E-state index >= 15 is 0 Å². The minimum Gasteiger partial charge on any atom is -0.382 e. The van der Waals surface area contributed by atoms with Gasteiger partial charge in [-0.15, -0.1) is 0 Å². The lowest BCUT2D eigenvalue weighted by atomic mass is 10.0. The first-order valence-corrected chi connectivity index (χ1v) is 5.69. The van der Waals surface area contributed by atoms with E-state index in [1.54, 1.807) is 0 Å². The molecule has 2 atom stereocenters. The van der Waals surface area contributed by atoms with Crippen molar-refractivity contribution >= 4 is 5.69 Å². The quantitative estimate of drug-likeness (QED) is 0.792. The maximum atomic E-state index is 5.76. The van der Waals surface area contributed by atoms with Crippen LogP contribution in [0.5, 0.6) is 0 Å². The average molecular weight is 205 g/mol. The number of hydrogen-bond acceptors (Lipinski definition) is 3. The number of hydrogen-bond donors (Lipinski definition) is 2. The standard InChI is InChI=1S/C12H19N3/c1-9-7-11(5-6-14-9)15-12-4-2-3-10(12)8-13/h5-7,10,12H,2-4,8,13H2,1H3,(H,14,15). The van der Waals surface area contributed by atoms with Gasteiger partial charge in [-0.1, -0.05) is 6.42 Å². The maximum absolute atomic E-state index is 5.76. The Kier molecular flexibility index (Phi) is 3.21. The number of pyridine rings is 1. The summed E-state index contributed by atoms with van der Waals surface area (Å²) in [6.07, 6.45) is 5.65. The van der Waals surface area contributed by atoms with E-state index < -0.39 is 0 Å². The summed E-state index contributed by atoms with van der Waals surface area (Å²) >= 11 is 0. The minimum absolute atomic E-state index is 0.553. The van der Waals surface area contributed by atoms with Crippen LogP contribution in [0.25, 0.3) is 0 Å². The van der Waals surface area contributed by atoms with E-state index in [0.717, 1.165) is 12.2 Å². The predicted octanol–water partition coefficient (Wildman–Crippen LogP) is 1.93. The van der Waals surface area contributed by atoms with Gasteiger partial charge in [0.1, 0.15) is 0 Å². The van der Waals surface area contributed by atoms with Crippen LogP contribution in [0.1, 0.15) is 25.0 Å². The van der Waals surface area contributed by atoms with Crippen LogP contribution in [0.3, 0.4) is 0 Å². The Balaban J connectivity index is 2.02. The van der Waals surface area contributed by atoms with E-state index in [1.165, 1.54) is 24.9 Å². The molecule has 1 aliphatic rings. The predicted molar refractivity (Wildman–Crippen MR) is 62.8 cm³/mol. The Labute approximate surface area is 91.1 Å². The van der Waals surface area contributed by atoms with E-state index in [2.05, 4.69) is 16.4 Å². The highest BCUT2D eigenvalue weighted by Gasteiger charge is 2.25. The SMILES string of the molecule is Cc1cc(NC2CCCC2CN)ccn1. The first-order chi connectivity index (χ1) is 7.29. The minimum atomic E-state index is 0.553. The summed E-state index contributed by atoms with van der Waals surface area (Å²) in [5, 5.41) is 3.56. The summed E-state index contributed by atoms with van der Waals surface area (Å²) in [6.45, 7) is 2.81.